The molecule has 0 aliphatic rings. The predicted molar refractivity (Wildman–Crippen MR) is 84.5 cm³/mol. The minimum atomic E-state index is -3.87. The van der Waals surface area contributed by atoms with Gasteiger partial charge in [-0.05, 0) is 36.8 Å². The van der Waals surface area contributed by atoms with Gasteiger partial charge >= 0.3 is 5.97 Å². The van der Waals surface area contributed by atoms with Crippen molar-refractivity contribution in [3.8, 4) is 0 Å². The molecule has 0 radical (unpaired) electrons. The van der Waals surface area contributed by atoms with Gasteiger partial charge in [-0.3, -0.25) is 0 Å². The summed E-state index contributed by atoms with van der Waals surface area (Å²) in [5.41, 5.74) is -1.14. The van der Waals surface area contributed by atoms with Crippen LogP contribution in [0.2, 0.25) is 0 Å². The topological polar surface area (TPSA) is 92.7 Å². The molecule has 21 heavy (non-hydrogen) atoms. The molecule has 0 fully saturated rings. The maximum atomic E-state index is 12.2. The number of thiophene rings is 1. The van der Waals surface area contributed by atoms with Gasteiger partial charge in [0.1, 0.15) is 9.77 Å². The van der Waals surface area contributed by atoms with Crippen molar-refractivity contribution in [1.82, 2.24) is 4.72 Å². The molecule has 1 aromatic heterocycles. The zero-order chi connectivity index (χ0) is 16.1. The number of aliphatic hydroxyl groups is 1. The molecule has 0 bridgehead atoms. The molecule has 120 valence electrons. The van der Waals surface area contributed by atoms with Crippen molar-refractivity contribution < 1.29 is 23.1 Å². The number of methoxy groups -OCH3 is 1. The lowest BCUT2D eigenvalue weighted by molar-refractivity contribution is 0.0602. The van der Waals surface area contributed by atoms with Crippen LogP contribution in [-0.2, 0) is 14.8 Å². The monoisotopic (exact) mass is 353 g/mol. The van der Waals surface area contributed by atoms with Crippen LogP contribution in [0.25, 0.3) is 0 Å². The second-order valence-corrected chi connectivity index (χ2v) is 8.31. The first-order chi connectivity index (χ1) is 9.73. The molecule has 0 aliphatic heterocycles. The van der Waals surface area contributed by atoms with Gasteiger partial charge in [0.2, 0.25) is 10.0 Å². The lowest BCUT2D eigenvalue weighted by Crippen LogP contribution is -2.41. The van der Waals surface area contributed by atoms with E-state index < -0.39 is 21.6 Å². The Morgan fingerprint density at radius 2 is 2.24 bits per heavy atom. The predicted octanol–water partition coefficient (Wildman–Crippen LogP) is 1.32. The van der Waals surface area contributed by atoms with Gasteiger partial charge in [-0.2, -0.15) is 11.8 Å². The number of hydrogen-bond donors (Lipinski definition) is 2. The summed E-state index contributed by atoms with van der Waals surface area (Å²) < 4.78 is 31.4. The summed E-state index contributed by atoms with van der Waals surface area (Å²) in [6, 6.07) is 1.34. The number of thioether (sulfide) groups is 1. The lowest BCUT2D eigenvalue weighted by Gasteiger charge is -2.23. The van der Waals surface area contributed by atoms with Crippen molar-refractivity contribution >= 4 is 39.1 Å². The highest BCUT2D eigenvalue weighted by molar-refractivity contribution is 7.98. The van der Waals surface area contributed by atoms with Crippen molar-refractivity contribution in [2.75, 3.05) is 25.7 Å². The summed E-state index contributed by atoms with van der Waals surface area (Å²) in [6.07, 6.45) is 2.37. The van der Waals surface area contributed by atoms with Crippen molar-refractivity contribution in [3.63, 3.8) is 0 Å². The highest BCUT2D eigenvalue weighted by Crippen LogP contribution is 2.23. The molecular formula is C12H19NO5S3. The van der Waals surface area contributed by atoms with Crippen molar-refractivity contribution in [3.05, 3.63) is 16.3 Å². The van der Waals surface area contributed by atoms with E-state index in [0.29, 0.717) is 6.42 Å². The minimum absolute atomic E-state index is 0.0220. The molecule has 1 aromatic rings. The second-order valence-electron chi connectivity index (χ2n) is 4.67. The van der Waals surface area contributed by atoms with Crippen LogP contribution in [0.4, 0.5) is 0 Å². The Kier molecular flexibility index (Phi) is 6.67. The lowest BCUT2D eigenvalue weighted by atomic mass is 10.1. The van der Waals surface area contributed by atoms with Crippen LogP contribution < -0.4 is 4.72 Å². The van der Waals surface area contributed by atoms with E-state index in [1.165, 1.54) is 18.6 Å². The summed E-state index contributed by atoms with van der Waals surface area (Å²) in [7, 11) is -2.67. The fourth-order valence-corrected chi connectivity index (χ4v) is 4.63. The second kappa shape index (κ2) is 7.59. The third-order valence-corrected chi connectivity index (χ3v) is 5.86. The Morgan fingerprint density at radius 3 is 2.81 bits per heavy atom. The highest BCUT2D eigenvalue weighted by atomic mass is 32.2. The number of sulfonamides is 1. The van der Waals surface area contributed by atoms with Crippen LogP contribution in [0.1, 0.15) is 23.0 Å². The Bertz CT molecular complexity index is 579. The highest BCUT2D eigenvalue weighted by Gasteiger charge is 2.28. The number of hydrogen-bond acceptors (Lipinski definition) is 7. The smallest absolute Gasteiger partial charge is 0.349 e. The Labute approximate surface area is 132 Å². The average Bonchev–Trinajstić information content (AvgIpc) is 2.93. The first-order valence-electron chi connectivity index (χ1n) is 6.10. The number of carbonyl (C=O) groups excluding carboxylic acids is 1. The summed E-state index contributed by atoms with van der Waals surface area (Å²) in [5.74, 6) is 0.0279. The van der Waals surface area contributed by atoms with E-state index in [4.69, 9.17) is 0 Å². The molecule has 0 aromatic carbocycles. The van der Waals surface area contributed by atoms with Crippen LogP contribution >= 0.6 is 23.1 Å². The van der Waals surface area contributed by atoms with E-state index in [0.717, 1.165) is 17.1 Å². The molecule has 9 heteroatoms. The molecule has 0 aliphatic carbocycles. The number of ether oxygens (including phenoxy) is 1. The normalized spacial score (nSPS) is 14.7. The van der Waals surface area contributed by atoms with Crippen molar-refractivity contribution in [2.24, 2.45) is 0 Å². The molecule has 1 unspecified atom stereocenters. The first kappa shape index (κ1) is 18.4. The number of carbonyl (C=O) groups is 1. The van der Waals surface area contributed by atoms with Gasteiger partial charge in [0.05, 0.1) is 12.7 Å². The third kappa shape index (κ3) is 5.26. The fraction of sp³-hybridized carbons (Fsp3) is 0.583. The Hall–Kier alpha value is -0.610. The summed E-state index contributed by atoms with van der Waals surface area (Å²) in [5, 5.41) is 11.6. The zero-order valence-electron chi connectivity index (χ0n) is 12.1. The average molecular weight is 353 g/mol. The summed E-state index contributed by atoms with van der Waals surface area (Å²) in [6.45, 7) is 1.45. The SMILES string of the molecule is COC(=O)c1sccc1S(=O)(=O)NCC(C)(O)CCSC. The van der Waals surface area contributed by atoms with Crippen LogP contribution in [0.15, 0.2) is 16.3 Å². The van der Waals surface area contributed by atoms with E-state index in [9.17, 15) is 18.3 Å². The van der Waals surface area contributed by atoms with Crippen LogP contribution in [0, 0.1) is 0 Å². The molecule has 6 nitrogen and oxygen atoms in total. The van der Waals surface area contributed by atoms with Gasteiger partial charge < -0.3 is 9.84 Å². The number of rotatable bonds is 8. The molecule has 1 heterocycles. The van der Waals surface area contributed by atoms with Crippen LogP contribution in [0.5, 0.6) is 0 Å². The molecule has 1 atom stereocenters. The molecule has 0 saturated carbocycles. The quantitative estimate of drug-likeness (QED) is 0.685. The molecule has 1 rings (SSSR count). The van der Waals surface area contributed by atoms with E-state index in [2.05, 4.69) is 9.46 Å². The standard InChI is InChI=1S/C12H19NO5S3/c1-12(15,5-7-19-3)8-13-21(16,17)9-4-6-20-10(9)11(14)18-2/h4,6,13,15H,5,7-8H2,1-3H3. The molecule has 0 saturated heterocycles. The minimum Gasteiger partial charge on any atom is -0.465 e. The van der Waals surface area contributed by atoms with E-state index in [1.807, 2.05) is 6.26 Å². The number of nitrogens with one attached hydrogen (secondary N) is 1. The third-order valence-electron chi connectivity index (χ3n) is 2.78. The van der Waals surface area contributed by atoms with Crippen molar-refractivity contribution in [1.29, 1.82) is 0 Å². The maximum absolute atomic E-state index is 12.2. The number of esters is 1. The largest absolute Gasteiger partial charge is 0.465 e. The van der Waals surface area contributed by atoms with Gasteiger partial charge in [0.15, 0.2) is 0 Å². The maximum Gasteiger partial charge on any atom is 0.349 e. The molecule has 0 spiro atoms. The fourth-order valence-electron chi connectivity index (χ4n) is 1.49. The van der Waals surface area contributed by atoms with Gasteiger partial charge in [-0.1, -0.05) is 0 Å². The van der Waals surface area contributed by atoms with Crippen molar-refractivity contribution in [2.45, 2.75) is 23.8 Å². The molecule has 2 N–H and O–H groups in total. The van der Waals surface area contributed by atoms with E-state index in [-0.39, 0.29) is 16.3 Å². The zero-order valence-corrected chi connectivity index (χ0v) is 14.5. The van der Waals surface area contributed by atoms with Gasteiger partial charge in [-0.15, -0.1) is 11.3 Å². The summed E-state index contributed by atoms with van der Waals surface area (Å²) in [4.78, 5) is 11.4. The van der Waals surface area contributed by atoms with E-state index in [1.54, 1.807) is 18.7 Å². The van der Waals surface area contributed by atoms with Gasteiger partial charge in [0, 0.05) is 6.54 Å². The van der Waals surface area contributed by atoms with Crippen LogP contribution in [-0.4, -0.2) is 50.8 Å². The first-order valence-corrected chi connectivity index (χ1v) is 9.86. The Morgan fingerprint density at radius 1 is 1.57 bits per heavy atom. The van der Waals surface area contributed by atoms with Gasteiger partial charge in [0.25, 0.3) is 0 Å². The Balaban J connectivity index is 2.83. The van der Waals surface area contributed by atoms with Crippen LogP contribution in [0.3, 0.4) is 0 Å². The molecular weight excluding hydrogens is 334 g/mol. The van der Waals surface area contributed by atoms with E-state index >= 15 is 0 Å². The summed E-state index contributed by atoms with van der Waals surface area (Å²) >= 11 is 2.57. The van der Waals surface area contributed by atoms with Gasteiger partial charge in [-0.25, -0.2) is 17.9 Å². The molecule has 0 amide bonds.